The Bertz CT molecular complexity index is 1240. The Morgan fingerprint density at radius 3 is 1.91 bits per heavy atom. The number of hydrogen-bond donors (Lipinski definition) is 0. The molecule has 4 rings (SSSR count). The van der Waals surface area contributed by atoms with Gasteiger partial charge < -0.3 is 9.47 Å². The topological polar surface area (TPSA) is 86.5 Å². The van der Waals surface area contributed by atoms with E-state index in [0.717, 1.165) is 11.1 Å². The third kappa shape index (κ3) is 5.21. The summed E-state index contributed by atoms with van der Waals surface area (Å²) in [5, 5.41) is 4.28. The molecule has 0 saturated heterocycles. The van der Waals surface area contributed by atoms with E-state index < -0.39 is 10.0 Å². The van der Waals surface area contributed by atoms with Crippen LogP contribution in [0.2, 0.25) is 0 Å². The first kappa shape index (κ1) is 22.5. The van der Waals surface area contributed by atoms with Crippen LogP contribution in [0.3, 0.4) is 0 Å². The van der Waals surface area contributed by atoms with Crippen molar-refractivity contribution >= 4 is 10.0 Å². The molecule has 0 aliphatic heterocycles. The van der Waals surface area contributed by atoms with Gasteiger partial charge in [-0.3, -0.25) is 4.98 Å². The molecule has 2 heterocycles. The van der Waals surface area contributed by atoms with Crippen molar-refractivity contribution in [1.82, 2.24) is 19.1 Å². The van der Waals surface area contributed by atoms with E-state index >= 15 is 0 Å². The maximum atomic E-state index is 13.6. The number of pyridine rings is 1. The van der Waals surface area contributed by atoms with Gasteiger partial charge in [-0.15, -0.1) is 0 Å². The zero-order valence-corrected chi connectivity index (χ0v) is 19.1. The fourth-order valence-corrected chi connectivity index (χ4v) is 4.63. The highest BCUT2D eigenvalue weighted by Gasteiger charge is 2.27. The molecule has 0 bridgehead atoms. The Kier molecular flexibility index (Phi) is 6.71. The molecule has 8 nitrogen and oxygen atoms in total. The van der Waals surface area contributed by atoms with E-state index in [1.54, 1.807) is 38.9 Å². The number of ether oxygens (including phenoxy) is 2. The van der Waals surface area contributed by atoms with E-state index in [1.165, 1.54) is 15.1 Å². The summed E-state index contributed by atoms with van der Waals surface area (Å²) in [4.78, 5) is 4.07. The molecule has 0 atom stereocenters. The molecule has 0 radical (unpaired) electrons. The van der Waals surface area contributed by atoms with Crippen LogP contribution in [0.25, 0.3) is 5.69 Å². The summed E-state index contributed by atoms with van der Waals surface area (Å²) in [6, 6.07) is 19.7. The first-order chi connectivity index (χ1) is 16.0. The van der Waals surface area contributed by atoms with Gasteiger partial charge in [0.1, 0.15) is 11.5 Å². The van der Waals surface area contributed by atoms with Crippen LogP contribution in [0.4, 0.5) is 0 Å². The lowest BCUT2D eigenvalue weighted by Crippen LogP contribution is -2.30. The highest BCUT2D eigenvalue weighted by Crippen LogP contribution is 2.23. The molecular weight excluding hydrogens is 440 g/mol. The quantitative estimate of drug-likeness (QED) is 0.376. The Morgan fingerprint density at radius 1 is 0.848 bits per heavy atom. The first-order valence-corrected chi connectivity index (χ1v) is 11.7. The van der Waals surface area contributed by atoms with Gasteiger partial charge >= 0.3 is 0 Å². The van der Waals surface area contributed by atoms with E-state index in [2.05, 4.69) is 10.1 Å². The summed E-state index contributed by atoms with van der Waals surface area (Å²) in [6.07, 6.45) is 4.88. The maximum Gasteiger partial charge on any atom is 0.263 e. The molecule has 2 aromatic heterocycles. The lowest BCUT2D eigenvalue weighted by Gasteiger charge is -2.21. The molecule has 0 amide bonds. The average molecular weight is 465 g/mol. The second-order valence-electron chi connectivity index (χ2n) is 7.28. The third-order valence-electron chi connectivity index (χ3n) is 5.12. The predicted octanol–water partition coefficient (Wildman–Crippen LogP) is 3.68. The van der Waals surface area contributed by atoms with Crippen LogP contribution in [0.1, 0.15) is 11.1 Å². The number of sulfonamides is 1. The molecule has 170 valence electrons. The van der Waals surface area contributed by atoms with Crippen molar-refractivity contribution in [3.8, 4) is 17.2 Å². The smallest absolute Gasteiger partial charge is 0.263 e. The van der Waals surface area contributed by atoms with Crippen LogP contribution in [-0.2, 0) is 23.1 Å². The molecule has 0 fully saturated rings. The fraction of sp³-hybridized carbons (Fsp3) is 0.167. The van der Waals surface area contributed by atoms with Crippen LogP contribution in [0.15, 0.2) is 90.3 Å². The predicted molar refractivity (Wildman–Crippen MR) is 124 cm³/mol. The normalized spacial score (nSPS) is 11.5. The molecule has 9 heteroatoms. The van der Waals surface area contributed by atoms with Gasteiger partial charge in [0.25, 0.3) is 10.0 Å². The first-order valence-electron chi connectivity index (χ1n) is 10.2. The molecular formula is C24H24N4O4S. The summed E-state index contributed by atoms with van der Waals surface area (Å²) in [5.41, 5.74) is 2.34. The lowest BCUT2D eigenvalue weighted by atomic mass is 10.2. The van der Waals surface area contributed by atoms with Crippen LogP contribution < -0.4 is 9.47 Å². The van der Waals surface area contributed by atoms with Crippen molar-refractivity contribution in [2.24, 2.45) is 0 Å². The van der Waals surface area contributed by atoms with Gasteiger partial charge in [-0.05, 0) is 53.6 Å². The standard InChI is InChI=1S/C24H24N4O4S/c1-31-22-9-5-19(6-10-22)17-27(18-20-7-11-23(32-2)12-8-20)33(29,30)24-13-15-28(26-24)21-4-3-14-25-16-21/h3-16H,17-18H2,1-2H3. The van der Waals surface area contributed by atoms with Crippen molar-refractivity contribution in [2.75, 3.05) is 14.2 Å². The lowest BCUT2D eigenvalue weighted by molar-refractivity contribution is 0.395. The van der Waals surface area contributed by atoms with E-state index in [9.17, 15) is 8.42 Å². The zero-order chi connectivity index (χ0) is 23.3. The Morgan fingerprint density at radius 2 is 1.42 bits per heavy atom. The van der Waals surface area contributed by atoms with Crippen LogP contribution >= 0.6 is 0 Å². The summed E-state index contributed by atoms with van der Waals surface area (Å²) in [5.74, 6) is 1.41. The van der Waals surface area contributed by atoms with Crippen molar-refractivity contribution in [2.45, 2.75) is 18.1 Å². The van der Waals surface area contributed by atoms with Crippen molar-refractivity contribution in [1.29, 1.82) is 0 Å². The van der Waals surface area contributed by atoms with Gasteiger partial charge in [-0.1, -0.05) is 24.3 Å². The molecule has 0 aliphatic rings. The largest absolute Gasteiger partial charge is 0.497 e. The zero-order valence-electron chi connectivity index (χ0n) is 18.3. The molecule has 0 saturated carbocycles. The fourth-order valence-electron chi connectivity index (χ4n) is 3.31. The molecule has 0 N–H and O–H groups in total. The van der Waals surface area contributed by atoms with Crippen molar-refractivity contribution in [3.63, 3.8) is 0 Å². The highest BCUT2D eigenvalue weighted by atomic mass is 32.2. The highest BCUT2D eigenvalue weighted by molar-refractivity contribution is 7.89. The van der Waals surface area contributed by atoms with Gasteiger partial charge in [-0.25, -0.2) is 13.1 Å². The van der Waals surface area contributed by atoms with E-state index in [0.29, 0.717) is 17.2 Å². The summed E-state index contributed by atoms with van der Waals surface area (Å²) < 4.78 is 40.6. The molecule has 0 aliphatic carbocycles. The number of nitrogens with zero attached hydrogens (tertiary/aromatic N) is 4. The molecule has 4 aromatic rings. The minimum atomic E-state index is -3.90. The van der Waals surface area contributed by atoms with E-state index in [-0.39, 0.29) is 18.1 Å². The van der Waals surface area contributed by atoms with E-state index in [4.69, 9.17) is 9.47 Å². The average Bonchev–Trinajstić information content (AvgIpc) is 3.36. The summed E-state index contributed by atoms with van der Waals surface area (Å²) >= 11 is 0. The van der Waals surface area contributed by atoms with Crippen molar-refractivity contribution < 1.29 is 17.9 Å². The number of aromatic nitrogens is 3. The Hall–Kier alpha value is -3.69. The van der Waals surface area contributed by atoms with Crippen LogP contribution in [0.5, 0.6) is 11.5 Å². The third-order valence-corrected chi connectivity index (χ3v) is 6.80. The second-order valence-corrected chi connectivity index (χ2v) is 9.16. The van der Waals surface area contributed by atoms with Crippen molar-refractivity contribution in [3.05, 3.63) is 96.4 Å². The monoisotopic (exact) mass is 464 g/mol. The van der Waals surface area contributed by atoms with Gasteiger partial charge in [-0.2, -0.15) is 9.40 Å². The van der Waals surface area contributed by atoms with Gasteiger partial charge in [0.05, 0.1) is 26.1 Å². The summed E-state index contributed by atoms with van der Waals surface area (Å²) in [6.45, 7) is 0.357. The molecule has 2 aromatic carbocycles. The SMILES string of the molecule is COc1ccc(CN(Cc2ccc(OC)cc2)S(=O)(=O)c2ccn(-c3cccnc3)n2)cc1. The van der Waals surface area contributed by atoms with Gasteiger partial charge in [0.2, 0.25) is 0 Å². The number of hydrogen-bond acceptors (Lipinski definition) is 6. The Labute approximate surface area is 193 Å². The minimum absolute atomic E-state index is 0.0339. The van der Waals surface area contributed by atoms with Crippen LogP contribution in [-0.4, -0.2) is 41.7 Å². The molecule has 0 spiro atoms. The second kappa shape index (κ2) is 9.85. The maximum absolute atomic E-state index is 13.6. The Balaban J connectivity index is 1.66. The summed E-state index contributed by atoms with van der Waals surface area (Å²) in [7, 11) is -0.715. The number of benzene rings is 2. The number of methoxy groups -OCH3 is 2. The van der Waals surface area contributed by atoms with Gasteiger partial charge in [0.15, 0.2) is 5.03 Å². The molecule has 0 unspecified atom stereocenters. The molecule has 33 heavy (non-hydrogen) atoms. The minimum Gasteiger partial charge on any atom is -0.497 e. The number of rotatable bonds is 9. The van der Waals surface area contributed by atoms with E-state index in [1.807, 2.05) is 54.6 Å². The van der Waals surface area contributed by atoms with Crippen LogP contribution in [0, 0.1) is 0 Å². The van der Waals surface area contributed by atoms with Gasteiger partial charge in [0, 0.05) is 25.5 Å².